The fourth-order valence-corrected chi connectivity index (χ4v) is 2.04. The topological polar surface area (TPSA) is 48.7 Å². The Morgan fingerprint density at radius 1 is 1.10 bits per heavy atom. The van der Waals surface area contributed by atoms with Gasteiger partial charge in [0.05, 0.1) is 12.0 Å². The summed E-state index contributed by atoms with van der Waals surface area (Å²) in [7, 11) is 0. The van der Waals surface area contributed by atoms with Crippen molar-refractivity contribution >= 4 is 16.9 Å². The molecule has 4 heteroatoms. The molecule has 0 spiro atoms. The molecule has 0 N–H and O–H groups in total. The first-order chi connectivity index (χ1) is 10.3. The average molecular weight is 282 g/mol. The van der Waals surface area contributed by atoms with Gasteiger partial charge in [-0.2, -0.15) is 0 Å². The van der Waals surface area contributed by atoms with Crippen molar-refractivity contribution in [2.45, 2.75) is 6.92 Å². The molecule has 0 aliphatic carbocycles. The second-order valence-electron chi connectivity index (χ2n) is 4.41. The summed E-state index contributed by atoms with van der Waals surface area (Å²) in [6, 6.07) is 16.5. The molecule has 0 fully saturated rings. The zero-order valence-electron chi connectivity index (χ0n) is 11.5. The Morgan fingerprint density at radius 3 is 2.67 bits per heavy atom. The molecule has 0 aliphatic rings. The first kappa shape index (κ1) is 13.2. The van der Waals surface area contributed by atoms with E-state index in [1.54, 1.807) is 19.1 Å². The van der Waals surface area contributed by atoms with Gasteiger partial charge < -0.3 is 13.9 Å². The fourth-order valence-electron chi connectivity index (χ4n) is 2.04. The number of hydrogen-bond donors (Lipinski definition) is 0. The highest BCUT2D eigenvalue weighted by atomic mass is 16.5. The number of hydrogen-bond acceptors (Lipinski definition) is 4. The van der Waals surface area contributed by atoms with Crippen LogP contribution in [0.4, 0.5) is 0 Å². The molecular formula is C17H14O4. The lowest BCUT2D eigenvalue weighted by Crippen LogP contribution is -2.02. The lowest BCUT2D eigenvalue weighted by Gasteiger charge is -2.05. The van der Waals surface area contributed by atoms with E-state index in [9.17, 15) is 4.79 Å². The molecule has 0 saturated carbocycles. The smallest absolute Gasteiger partial charge is 0.374 e. The number of rotatable bonds is 4. The summed E-state index contributed by atoms with van der Waals surface area (Å²) in [5, 5.41) is 0.740. The zero-order chi connectivity index (χ0) is 14.7. The third kappa shape index (κ3) is 2.74. The van der Waals surface area contributed by atoms with Gasteiger partial charge in [0.25, 0.3) is 0 Å². The number of esters is 1. The lowest BCUT2D eigenvalue weighted by atomic mass is 10.2. The van der Waals surface area contributed by atoms with Gasteiger partial charge >= 0.3 is 5.97 Å². The molecule has 0 saturated heterocycles. The van der Waals surface area contributed by atoms with E-state index in [4.69, 9.17) is 13.9 Å². The summed E-state index contributed by atoms with van der Waals surface area (Å²) >= 11 is 0. The molecule has 21 heavy (non-hydrogen) atoms. The summed E-state index contributed by atoms with van der Waals surface area (Å²) in [6.07, 6.45) is 0. The summed E-state index contributed by atoms with van der Waals surface area (Å²) in [5.41, 5.74) is 0.589. The van der Waals surface area contributed by atoms with E-state index in [-0.39, 0.29) is 5.76 Å². The first-order valence-electron chi connectivity index (χ1n) is 6.70. The third-order valence-electron chi connectivity index (χ3n) is 2.97. The van der Waals surface area contributed by atoms with E-state index < -0.39 is 5.97 Å². The number of para-hydroxylation sites is 1. The summed E-state index contributed by atoms with van der Waals surface area (Å²) < 4.78 is 16.3. The van der Waals surface area contributed by atoms with Crippen LogP contribution in [0.15, 0.2) is 59.0 Å². The minimum absolute atomic E-state index is 0.177. The maximum atomic E-state index is 11.7. The van der Waals surface area contributed by atoms with Crippen LogP contribution in [0.2, 0.25) is 0 Å². The van der Waals surface area contributed by atoms with Crippen LogP contribution in [0.1, 0.15) is 17.5 Å². The van der Waals surface area contributed by atoms with E-state index >= 15 is 0 Å². The third-order valence-corrected chi connectivity index (χ3v) is 2.97. The van der Waals surface area contributed by atoms with Crippen LogP contribution < -0.4 is 4.74 Å². The van der Waals surface area contributed by atoms with Crippen molar-refractivity contribution < 1.29 is 18.7 Å². The first-order valence-corrected chi connectivity index (χ1v) is 6.70. The fraction of sp³-hybridized carbons (Fsp3) is 0.118. The second-order valence-corrected chi connectivity index (χ2v) is 4.41. The van der Waals surface area contributed by atoms with Crippen LogP contribution in [-0.2, 0) is 4.74 Å². The molecule has 0 aliphatic heterocycles. The van der Waals surface area contributed by atoms with Crippen LogP contribution in [0.3, 0.4) is 0 Å². The number of furan rings is 1. The van der Waals surface area contributed by atoms with Gasteiger partial charge in [-0.05, 0) is 31.2 Å². The van der Waals surface area contributed by atoms with Gasteiger partial charge in [-0.3, -0.25) is 0 Å². The predicted octanol–water partition coefficient (Wildman–Crippen LogP) is 4.40. The lowest BCUT2D eigenvalue weighted by molar-refractivity contribution is 0.0492. The second kappa shape index (κ2) is 5.71. The Morgan fingerprint density at radius 2 is 1.90 bits per heavy atom. The summed E-state index contributed by atoms with van der Waals surface area (Å²) in [4.78, 5) is 11.7. The van der Waals surface area contributed by atoms with Crippen LogP contribution in [0.5, 0.6) is 11.5 Å². The van der Waals surface area contributed by atoms with Gasteiger partial charge in [-0.25, -0.2) is 4.79 Å². The van der Waals surface area contributed by atoms with Crippen molar-refractivity contribution in [3.63, 3.8) is 0 Å². The van der Waals surface area contributed by atoms with Crippen LogP contribution in [0, 0.1) is 0 Å². The normalized spacial score (nSPS) is 10.5. The van der Waals surface area contributed by atoms with Crippen molar-refractivity contribution in [2.24, 2.45) is 0 Å². The number of fused-ring (bicyclic) bond motifs is 1. The minimum Gasteiger partial charge on any atom is -0.460 e. The van der Waals surface area contributed by atoms with Crippen LogP contribution in [-0.4, -0.2) is 12.6 Å². The maximum Gasteiger partial charge on any atom is 0.374 e. The minimum atomic E-state index is -0.473. The Hall–Kier alpha value is -2.75. The van der Waals surface area contributed by atoms with E-state index in [1.807, 2.05) is 42.5 Å². The van der Waals surface area contributed by atoms with E-state index in [0.29, 0.717) is 17.9 Å². The van der Waals surface area contributed by atoms with Gasteiger partial charge in [0, 0.05) is 6.07 Å². The molecular weight excluding hydrogens is 268 g/mol. The highest BCUT2D eigenvalue weighted by molar-refractivity contribution is 5.94. The molecule has 3 aromatic rings. The zero-order valence-corrected chi connectivity index (χ0v) is 11.5. The van der Waals surface area contributed by atoms with Crippen molar-refractivity contribution in [3.05, 3.63) is 60.4 Å². The molecule has 0 radical (unpaired) electrons. The average Bonchev–Trinajstić information content (AvgIpc) is 2.94. The Labute approximate surface area is 121 Å². The molecule has 0 amide bonds. The Kier molecular flexibility index (Phi) is 3.60. The van der Waals surface area contributed by atoms with Crippen molar-refractivity contribution in [1.29, 1.82) is 0 Å². The van der Waals surface area contributed by atoms with Crippen molar-refractivity contribution in [1.82, 2.24) is 0 Å². The molecule has 1 heterocycles. The number of ether oxygens (including phenoxy) is 2. The Bertz CT molecular complexity index is 759. The van der Waals surface area contributed by atoms with E-state index in [2.05, 4.69) is 0 Å². The van der Waals surface area contributed by atoms with Crippen LogP contribution in [0.25, 0.3) is 11.0 Å². The largest absolute Gasteiger partial charge is 0.460 e. The SMILES string of the molecule is CCOC(=O)c1cc2c(Oc3ccccc3)cccc2o1. The van der Waals surface area contributed by atoms with Crippen molar-refractivity contribution in [3.8, 4) is 11.5 Å². The molecule has 4 nitrogen and oxygen atoms in total. The van der Waals surface area contributed by atoms with Crippen LogP contribution >= 0.6 is 0 Å². The molecule has 0 atom stereocenters. The molecule has 2 aromatic carbocycles. The van der Waals surface area contributed by atoms with Gasteiger partial charge in [0.2, 0.25) is 5.76 Å². The van der Waals surface area contributed by atoms with E-state index in [1.165, 1.54) is 0 Å². The molecule has 0 bridgehead atoms. The molecule has 3 rings (SSSR count). The molecule has 1 aromatic heterocycles. The number of carbonyl (C=O) groups excluding carboxylic acids is 1. The number of carbonyl (C=O) groups is 1. The van der Waals surface area contributed by atoms with Gasteiger partial charge in [-0.15, -0.1) is 0 Å². The quantitative estimate of drug-likeness (QED) is 0.665. The van der Waals surface area contributed by atoms with Gasteiger partial charge in [-0.1, -0.05) is 24.3 Å². The molecule has 0 unspecified atom stereocenters. The Balaban J connectivity index is 1.98. The maximum absolute atomic E-state index is 11.7. The van der Waals surface area contributed by atoms with Gasteiger partial charge in [0.15, 0.2) is 0 Å². The highest BCUT2D eigenvalue weighted by Crippen LogP contribution is 2.32. The van der Waals surface area contributed by atoms with E-state index in [0.717, 1.165) is 11.1 Å². The van der Waals surface area contributed by atoms with Gasteiger partial charge in [0.1, 0.15) is 17.1 Å². The highest BCUT2D eigenvalue weighted by Gasteiger charge is 2.15. The summed E-state index contributed by atoms with van der Waals surface area (Å²) in [6.45, 7) is 2.06. The predicted molar refractivity (Wildman–Crippen MR) is 78.7 cm³/mol. The summed E-state index contributed by atoms with van der Waals surface area (Å²) in [5.74, 6) is 1.07. The molecule has 106 valence electrons. The number of benzene rings is 2. The standard InChI is InChI=1S/C17H14O4/c1-2-19-17(18)16-11-13-14(9-6-10-15(13)21-16)20-12-7-4-3-5-8-12/h3-11H,2H2,1H3. The van der Waals surface area contributed by atoms with Crippen molar-refractivity contribution in [2.75, 3.05) is 6.61 Å². The monoisotopic (exact) mass is 282 g/mol.